The van der Waals surface area contributed by atoms with Gasteiger partial charge in [-0.25, -0.2) is 0 Å². The smallest absolute Gasteiger partial charge is 0.244 e. The molecule has 2 aromatic carbocycles. The summed E-state index contributed by atoms with van der Waals surface area (Å²) in [7, 11) is 3.05. The van der Waals surface area contributed by atoms with Gasteiger partial charge in [0.25, 0.3) is 0 Å². The average Bonchev–Trinajstić information content (AvgIpc) is 2.59. The first-order chi connectivity index (χ1) is 11.9. The van der Waals surface area contributed by atoms with Crippen LogP contribution in [0.3, 0.4) is 0 Å². The van der Waals surface area contributed by atoms with Crippen LogP contribution in [0.2, 0.25) is 5.02 Å². The Balaban J connectivity index is 2.14. The quantitative estimate of drug-likeness (QED) is 0.855. The van der Waals surface area contributed by atoms with Crippen molar-refractivity contribution >= 4 is 34.8 Å². The van der Waals surface area contributed by atoms with E-state index in [-0.39, 0.29) is 18.4 Å². The van der Waals surface area contributed by atoms with Crippen LogP contribution < -0.4 is 19.7 Å². The summed E-state index contributed by atoms with van der Waals surface area (Å²) in [4.78, 5) is 25.6. The minimum Gasteiger partial charge on any atom is -0.497 e. The minimum absolute atomic E-state index is 0.144. The molecule has 2 aromatic rings. The first kappa shape index (κ1) is 18.6. The standard InChI is InChI=1S/C18H19ClN2O4/c1-12(22)21(14-7-8-17(25-3)16(19)10-14)11-18(23)20-13-5-4-6-15(9-13)24-2/h4-10H,11H2,1-3H3,(H,20,23). The molecule has 0 saturated carbocycles. The molecule has 0 aliphatic heterocycles. The van der Waals surface area contributed by atoms with E-state index in [1.807, 2.05) is 0 Å². The maximum atomic E-state index is 12.3. The lowest BCUT2D eigenvalue weighted by Gasteiger charge is -2.21. The van der Waals surface area contributed by atoms with Crippen LogP contribution in [0.25, 0.3) is 0 Å². The number of rotatable bonds is 6. The molecule has 0 aromatic heterocycles. The molecule has 25 heavy (non-hydrogen) atoms. The fraction of sp³-hybridized carbons (Fsp3) is 0.222. The highest BCUT2D eigenvalue weighted by Gasteiger charge is 2.17. The third kappa shape index (κ3) is 4.87. The number of amides is 2. The maximum Gasteiger partial charge on any atom is 0.244 e. The SMILES string of the molecule is COc1cccc(NC(=O)CN(C(C)=O)c2ccc(OC)c(Cl)c2)c1. The number of hydrogen-bond acceptors (Lipinski definition) is 4. The van der Waals surface area contributed by atoms with Crippen LogP contribution in [-0.4, -0.2) is 32.6 Å². The van der Waals surface area contributed by atoms with Crippen molar-refractivity contribution in [2.24, 2.45) is 0 Å². The van der Waals surface area contributed by atoms with Gasteiger partial charge in [0.2, 0.25) is 11.8 Å². The first-order valence-corrected chi connectivity index (χ1v) is 7.88. The molecule has 0 unspecified atom stereocenters. The van der Waals surface area contributed by atoms with Gasteiger partial charge in [0, 0.05) is 24.4 Å². The Kier molecular flexibility index (Phi) is 6.25. The number of carbonyl (C=O) groups excluding carboxylic acids is 2. The summed E-state index contributed by atoms with van der Waals surface area (Å²) in [6.45, 7) is 1.24. The van der Waals surface area contributed by atoms with Crippen molar-refractivity contribution < 1.29 is 19.1 Å². The van der Waals surface area contributed by atoms with Crippen molar-refractivity contribution in [1.82, 2.24) is 0 Å². The third-order valence-corrected chi connectivity index (χ3v) is 3.78. The summed E-state index contributed by atoms with van der Waals surface area (Å²) in [5, 5.41) is 3.10. The topological polar surface area (TPSA) is 67.9 Å². The molecule has 0 fully saturated rings. The van der Waals surface area contributed by atoms with Gasteiger partial charge in [-0.15, -0.1) is 0 Å². The van der Waals surface area contributed by atoms with Crippen LogP contribution in [-0.2, 0) is 9.59 Å². The van der Waals surface area contributed by atoms with Gasteiger partial charge >= 0.3 is 0 Å². The van der Waals surface area contributed by atoms with Crippen LogP contribution in [0.1, 0.15) is 6.92 Å². The lowest BCUT2D eigenvalue weighted by atomic mass is 10.2. The van der Waals surface area contributed by atoms with E-state index in [9.17, 15) is 9.59 Å². The van der Waals surface area contributed by atoms with E-state index < -0.39 is 0 Å². The molecule has 0 atom stereocenters. The molecule has 0 spiro atoms. The second kappa shape index (κ2) is 8.39. The molecule has 2 amide bonds. The predicted octanol–water partition coefficient (Wildman–Crippen LogP) is 3.35. The number of halogens is 1. The van der Waals surface area contributed by atoms with E-state index in [2.05, 4.69) is 5.32 Å². The van der Waals surface area contributed by atoms with Gasteiger partial charge in [-0.05, 0) is 30.3 Å². The normalized spacial score (nSPS) is 10.1. The Hall–Kier alpha value is -2.73. The second-order valence-corrected chi connectivity index (χ2v) is 5.61. The maximum absolute atomic E-state index is 12.3. The van der Waals surface area contributed by atoms with Gasteiger partial charge in [0.15, 0.2) is 0 Å². The van der Waals surface area contributed by atoms with Gasteiger partial charge in [0.1, 0.15) is 18.0 Å². The predicted molar refractivity (Wildman–Crippen MR) is 97.7 cm³/mol. The van der Waals surface area contributed by atoms with Gasteiger partial charge < -0.3 is 19.7 Å². The Morgan fingerprint density at radius 2 is 1.88 bits per heavy atom. The fourth-order valence-corrected chi connectivity index (χ4v) is 2.50. The fourth-order valence-electron chi connectivity index (χ4n) is 2.25. The van der Waals surface area contributed by atoms with Crippen LogP contribution in [0, 0.1) is 0 Å². The summed E-state index contributed by atoms with van der Waals surface area (Å²) < 4.78 is 10.2. The molecule has 1 N–H and O–H groups in total. The van der Waals surface area contributed by atoms with E-state index in [1.165, 1.54) is 18.9 Å². The number of anilines is 2. The molecule has 132 valence electrons. The monoisotopic (exact) mass is 362 g/mol. The Bertz CT molecular complexity index is 779. The number of ether oxygens (including phenoxy) is 2. The van der Waals surface area contributed by atoms with E-state index in [4.69, 9.17) is 21.1 Å². The highest BCUT2D eigenvalue weighted by molar-refractivity contribution is 6.32. The van der Waals surface area contributed by atoms with Crippen LogP contribution in [0.15, 0.2) is 42.5 Å². The highest BCUT2D eigenvalue weighted by Crippen LogP contribution is 2.29. The van der Waals surface area contributed by atoms with E-state index in [1.54, 1.807) is 49.6 Å². The van der Waals surface area contributed by atoms with Crippen molar-refractivity contribution in [2.75, 3.05) is 31.0 Å². The molecule has 0 bridgehead atoms. The van der Waals surface area contributed by atoms with Crippen LogP contribution >= 0.6 is 11.6 Å². The summed E-state index contributed by atoms with van der Waals surface area (Å²) >= 11 is 6.10. The number of methoxy groups -OCH3 is 2. The number of carbonyl (C=O) groups is 2. The van der Waals surface area contributed by atoms with Crippen LogP contribution in [0.5, 0.6) is 11.5 Å². The molecule has 0 radical (unpaired) electrons. The number of nitrogens with one attached hydrogen (secondary N) is 1. The number of nitrogens with zero attached hydrogens (tertiary/aromatic N) is 1. The zero-order valence-electron chi connectivity index (χ0n) is 14.2. The lowest BCUT2D eigenvalue weighted by Crippen LogP contribution is -2.36. The molecular weight excluding hydrogens is 344 g/mol. The largest absolute Gasteiger partial charge is 0.497 e. The Labute approximate surface area is 151 Å². The molecule has 0 aliphatic rings. The Morgan fingerprint density at radius 3 is 2.48 bits per heavy atom. The van der Waals surface area contributed by atoms with Crippen molar-refractivity contribution in [1.29, 1.82) is 0 Å². The first-order valence-electron chi connectivity index (χ1n) is 7.50. The van der Waals surface area contributed by atoms with Crippen molar-refractivity contribution in [3.05, 3.63) is 47.5 Å². The molecule has 0 aliphatic carbocycles. The van der Waals surface area contributed by atoms with E-state index in [0.717, 1.165) is 0 Å². The van der Waals surface area contributed by atoms with Gasteiger partial charge in [-0.1, -0.05) is 17.7 Å². The molecule has 6 nitrogen and oxygen atoms in total. The van der Waals surface area contributed by atoms with Crippen molar-refractivity contribution in [2.45, 2.75) is 6.92 Å². The molecular formula is C18H19ClN2O4. The van der Waals surface area contributed by atoms with Crippen molar-refractivity contribution in [3.8, 4) is 11.5 Å². The van der Waals surface area contributed by atoms with E-state index in [0.29, 0.717) is 27.9 Å². The molecule has 7 heteroatoms. The lowest BCUT2D eigenvalue weighted by molar-refractivity contribution is -0.120. The molecule has 0 heterocycles. The number of benzene rings is 2. The zero-order valence-corrected chi connectivity index (χ0v) is 15.0. The highest BCUT2D eigenvalue weighted by atomic mass is 35.5. The minimum atomic E-state index is -0.338. The summed E-state index contributed by atoms with van der Waals surface area (Å²) in [6, 6.07) is 11.9. The summed E-state index contributed by atoms with van der Waals surface area (Å²) in [5.41, 5.74) is 1.10. The van der Waals surface area contributed by atoms with Crippen LogP contribution in [0.4, 0.5) is 11.4 Å². The van der Waals surface area contributed by atoms with Gasteiger partial charge in [-0.2, -0.15) is 0 Å². The second-order valence-electron chi connectivity index (χ2n) is 5.20. The molecule has 0 saturated heterocycles. The third-order valence-electron chi connectivity index (χ3n) is 3.48. The molecule has 2 rings (SSSR count). The Morgan fingerprint density at radius 1 is 1.12 bits per heavy atom. The van der Waals surface area contributed by atoms with E-state index >= 15 is 0 Å². The van der Waals surface area contributed by atoms with Crippen molar-refractivity contribution in [3.63, 3.8) is 0 Å². The summed E-state index contributed by atoms with van der Waals surface area (Å²) in [6.07, 6.45) is 0. The zero-order chi connectivity index (χ0) is 18.4. The average molecular weight is 363 g/mol. The number of hydrogen-bond donors (Lipinski definition) is 1. The van der Waals surface area contributed by atoms with Gasteiger partial charge in [0.05, 0.1) is 19.2 Å². The summed E-state index contributed by atoms with van der Waals surface area (Å²) in [5.74, 6) is 0.510. The van der Waals surface area contributed by atoms with Gasteiger partial charge in [-0.3, -0.25) is 9.59 Å².